The van der Waals surface area contributed by atoms with Crippen LogP contribution in [0.3, 0.4) is 0 Å². The molecule has 0 heterocycles. The Hall–Kier alpha value is -1.26. The second kappa shape index (κ2) is 2.84. The number of rotatable bonds is 2. The molecule has 0 saturated carbocycles. The third-order valence-electron chi connectivity index (χ3n) is 0.533. The maximum absolute atomic E-state index is 9.58. The molecule has 0 atom stereocenters. The molecular weight excluding hydrogens is 110 g/mol. The van der Waals surface area contributed by atoms with E-state index in [0.717, 1.165) is 0 Å². The number of nitro groups is 1. The molecule has 5 nitrogen and oxygen atoms in total. The van der Waals surface area contributed by atoms with E-state index < -0.39 is 4.92 Å². The second-order valence-corrected chi connectivity index (χ2v) is 1.12. The van der Waals surface area contributed by atoms with E-state index in [1.54, 1.807) is 0 Å². The Morgan fingerprint density at radius 3 is 2.62 bits per heavy atom. The van der Waals surface area contributed by atoms with Crippen molar-refractivity contribution in [3.63, 3.8) is 0 Å². The first-order chi connectivity index (χ1) is 3.66. The Kier molecular flexibility index (Phi) is 2.39. The highest BCUT2D eigenvalue weighted by Gasteiger charge is 1.89. The van der Waals surface area contributed by atoms with E-state index in [4.69, 9.17) is 5.73 Å². The van der Waals surface area contributed by atoms with Crippen molar-refractivity contribution in [3.8, 4) is 0 Å². The zero-order chi connectivity index (χ0) is 6.57. The first-order valence-corrected chi connectivity index (χ1v) is 1.95. The van der Waals surface area contributed by atoms with Crippen LogP contribution in [-0.4, -0.2) is 12.0 Å². The first kappa shape index (κ1) is 6.74. The number of nitrogens with zero attached hydrogens (tertiary/aromatic N) is 1. The highest BCUT2D eigenvalue weighted by Crippen LogP contribution is 1.73. The van der Waals surface area contributed by atoms with Gasteiger partial charge in [-0.2, -0.15) is 0 Å². The summed E-state index contributed by atoms with van der Waals surface area (Å²) in [6.45, 7) is 0. The normalized spacial score (nSPS) is 10.9. The summed E-state index contributed by atoms with van der Waals surface area (Å²) in [7, 11) is 1.51. The van der Waals surface area contributed by atoms with Crippen molar-refractivity contribution in [2.75, 3.05) is 7.05 Å². The molecule has 0 spiro atoms. The van der Waals surface area contributed by atoms with Gasteiger partial charge in [-0.3, -0.25) is 10.1 Å². The van der Waals surface area contributed by atoms with Gasteiger partial charge in [-0.1, -0.05) is 0 Å². The van der Waals surface area contributed by atoms with Gasteiger partial charge in [0.1, 0.15) is 0 Å². The van der Waals surface area contributed by atoms with Crippen LogP contribution >= 0.6 is 0 Å². The fourth-order valence-electron chi connectivity index (χ4n) is 0.178. The lowest BCUT2D eigenvalue weighted by Crippen LogP contribution is -2.15. The second-order valence-electron chi connectivity index (χ2n) is 1.12. The standard InChI is InChI=1S/C3H7N3O2/c1-5-3(4)2-6(7)8/h2,5H,4H2,1H3. The van der Waals surface area contributed by atoms with E-state index in [-0.39, 0.29) is 5.82 Å². The lowest BCUT2D eigenvalue weighted by Gasteiger charge is -1.90. The molecule has 5 heteroatoms. The zero-order valence-corrected chi connectivity index (χ0v) is 4.42. The van der Waals surface area contributed by atoms with Crippen LogP contribution in [0.15, 0.2) is 12.0 Å². The molecule has 0 aliphatic carbocycles. The average molecular weight is 117 g/mol. The fraction of sp³-hybridized carbons (Fsp3) is 0.333. The molecule has 0 amide bonds. The van der Waals surface area contributed by atoms with Crippen molar-refractivity contribution in [1.29, 1.82) is 0 Å². The molecule has 0 unspecified atom stereocenters. The minimum atomic E-state index is -0.619. The molecule has 0 aromatic rings. The van der Waals surface area contributed by atoms with Crippen molar-refractivity contribution in [2.45, 2.75) is 0 Å². The summed E-state index contributed by atoms with van der Waals surface area (Å²) in [6.07, 6.45) is 0.694. The van der Waals surface area contributed by atoms with Gasteiger partial charge in [0.05, 0.1) is 4.92 Å². The molecule has 0 bridgehead atoms. The van der Waals surface area contributed by atoms with Gasteiger partial charge in [0.2, 0.25) is 0 Å². The SMILES string of the molecule is CNC(N)=C[N+](=O)[O-]. The largest absolute Gasteiger partial charge is 0.380 e. The summed E-state index contributed by atoms with van der Waals surface area (Å²) >= 11 is 0. The molecule has 0 aromatic carbocycles. The first-order valence-electron chi connectivity index (χ1n) is 1.95. The van der Waals surface area contributed by atoms with E-state index in [2.05, 4.69) is 5.32 Å². The van der Waals surface area contributed by atoms with E-state index >= 15 is 0 Å². The molecule has 0 saturated heterocycles. The van der Waals surface area contributed by atoms with Crippen LogP contribution < -0.4 is 11.1 Å². The molecule has 0 rings (SSSR count). The van der Waals surface area contributed by atoms with Gasteiger partial charge in [-0.25, -0.2) is 0 Å². The number of nitrogens with one attached hydrogen (secondary N) is 1. The van der Waals surface area contributed by atoms with Gasteiger partial charge in [0, 0.05) is 7.05 Å². The minimum absolute atomic E-state index is 0.0509. The van der Waals surface area contributed by atoms with E-state index in [0.29, 0.717) is 6.20 Å². The van der Waals surface area contributed by atoms with Crippen molar-refractivity contribution in [2.24, 2.45) is 5.73 Å². The predicted molar refractivity (Wildman–Crippen MR) is 28.3 cm³/mol. The third kappa shape index (κ3) is 2.95. The maximum atomic E-state index is 9.58. The topological polar surface area (TPSA) is 81.2 Å². The van der Waals surface area contributed by atoms with Crippen molar-refractivity contribution >= 4 is 0 Å². The van der Waals surface area contributed by atoms with E-state index in [1.807, 2.05) is 0 Å². The Labute approximate surface area is 46.3 Å². The molecule has 0 aromatic heterocycles. The Morgan fingerprint density at radius 2 is 2.50 bits per heavy atom. The van der Waals surface area contributed by atoms with Gasteiger partial charge >= 0.3 is 0 Å². The smallest absolute Gasteiger partial charge is 0.273 e. The van der Waals surface area contributed by atoms with Crippen LogP contribution in [0.25, 0.3) is 0 Å². The summed E-state index contributed by atoms with van der Waals surface area (Å²) in [6, 6.07) is 0. The highest BCUT2D eigenvalue weighted by atomic mass is 16.6. The molecule has 0 fully saturated rings. The molecule has 0 aliphatic rings. The van der Waals surface area contributed by atoms with Gasteiger partial charge in [0.25, 0.3) is 6.20 Å². The molecule has 3 N–H and O–H groups in total. The number of hydrogen-bond acceptors (Lipinski definition) is 4. The monoisotopic (exact) mass is 117 g/mol. The minimum Gasteiger partial charge on any atom is -0.380 e. The lowest BCUT2D eigenvalue weighted by atomic mass is 10.8. The maximum Gasteiger partial charge on any atom is 0.273 e. The van der Waals surface area contributed by atoms with Crippen LogP contribution in [0, 0.1) is 10.1 Å². The lowest BCUT2D eigenvalue weighted by molar-refractivity contribution is -0.403. The van der Waals surface area contributed by atoms with Crippen LogP contribution in [0.1, 0.15) is 0 Å². The third-order valence-corrected chi connectivity index (χ3v) is 0.533. The van der Waals surface area contributed by atoms with Gasteiger partial charge in [-0.05, 0) is 0 Å². The van der Waals surface area contributed by atoms with Crippen LogP contribution in [0.5, 0.6) is 0 Å². The zero-order valence-electron chi connectivity index (χ0n) is 4.42. The summed E-state index contributed by atoms with van der Waals surface area (Å²) in [5.41, 5.74) is 4.98. The quantitative estimate of drug-likeness (QED) is 0.368. The average Bonchev–Trinajstić information content (AvgIpc) is 1.65. The van der Waals surface area contributed by atoms with Crippen molar-refractivity contribution in [3.05, 3.63) is 22.1 Å². The van der Waals surface area contributed by atoms with Gasteiger partial charge < -0.3 is 11.1 Å². The molecular formula is C3H7N3O2. The molecule has 8 heavy (non-hydrogen) atoms. The molecule has 0 radical (unpaired) electrons. The van der Waals surface area contributed by atoms with E-state index in [9.17, 15) is 10.1 Å². The number of nitrogens with two attached hydrogens (primary N) is 1. The summed E-state index contributed by atoms with van der Waals surface area (Å²) < 4.78 is 0. The van der Waals surface area contributed by atoms with Crippen LogP contribution in [0.2, 0.25) is 0 Å². The Bertz CT molecular complexity index is 120. The highest BCUT2D eigenvalue weighted by molar-refractivity contribution is 4.84. The van der Waals surface area contributed by atoms with Gasteiger partial charge in [0.15, 0.2) is 5.82 Å². The van der Waals surface area contributed by atoms with Crippen molar-refractivity contribution in [1.82, 2.24) is 5.32 Å². The summed E-state index contributed by atoms with van der Waals surface area (Å²) in [4.78, 5) is 8.96. The Balaban J connectivity index is 3.75. The summed E-state index contributed by atoms with van der Waals surface area (Å²) in [5, 5.41) is 12.0. The van der Waals surface area contributed by atoms with Gasteiger partial charge in [-0.15, -0.1) is 0 Å². The van der Waals surface area contributed by atoms with Crippen LogP contribution in [-0.2, 0) is 0 Å². The summed E-state index contributed by atoms with van der Waals surface area (Å²) in [5.74, 6) is 0.0509. The Morgan fingerprint density at radius 1 is 2.00 bits per heavy atom. The van der Waals surface area contributed by atoms with Crippen molar-refractivity contribution < 1.29 is 4.92 Å². The predicted octanol–water partition coefficient (Wildman–Crippen LogP) is -0.760. The number of hydrogen-bond donors (Lipinski definition) is 2. The molecule has 0 aliphatic heterocycles. The fourth-order valence-corrected chi connectivity index (χ4v) is 0.178. The van der Waals surface area contributed by atoms with Crippen LogP contribution in [0.4, 0.5) is 0 Å². The van der Waals surface area contributed by atoms with E-state index in [1.165, 1.54) is 7.05 Å². The molecule has 46 valence electrons.